The van der Waals surface area contributed by atoms with Gasteiger partial charge in [0.15, 0.2) is 0 Å². The maximum absolute atomic E-state index is 12.9. The number of aryl methyl sites for hydroxylation is 1. The highest BCUT2D eigenvalue weighted by Crippen LogP contribution is 2.27. The van der Waals surface area contributed by atoms with Crippen molar-refractivity contribution in [3.63, 3.8) is 0 Å². The number of rotatable bonds is 3. The van der Waals surface area contributed by atoms with E-state index in [-0.39, 0.29) is 17.7 Å². The van der Waals surface area contributed by atoms with Gasteiger partial charge in [0.2, 0.25) is 11.8 Å². The van der Waals surface area contributed by atoms with E-state index >= 15 is 0 Å². The lowest BCUT2D eigenvalue weighted by Crippen LogP contribution is -2.47. The van der Waals surface area contributed by atoms with Gasteiger partial charge in [0, 0.05) is 44.5 Å². The summed E-state index contributed by atoms with van der Waals surface area (Å²) < 4.78 is 0. The van der Waals surface area contributed by atoms with Crippen molar-refractivity contribution in [2.24, 2.45) is 11.8 Å². The van der Waals surface area contributed by atoms with E-state index in [0.717, 1.165) is 17.8 Å². The summed E-state index contributed by atoms with van der Waals surface area (Å²) in [5.41, 5.74) is 3.34. The molecule has 0 unspecified atom stereocenters. The summed E-state index contributed by atoms with van der Waals surface area (Å²) in [6.07, 6.45) is 3.05. The molecule has 1 saturated heterocycles. The van der Waals surface area contributed by atoms with Crippen molar-refractivity contribution < 1.29 is 9.59 Å². The molecule has 0 N–H and O–H groups in total. The molecule has 0 spiro atoms. The third-order valence-electron chi connectivity index (χ3n) is 4.69. The number of pyridine rings is 1. The summed E-state index contributed by atoms with van der Waals surface area (Å²) in [5, 5.41) is 0. The first-order valence-corrected chi connectivity index (χ1v) is 8.45. The summed E-state index contributed by atoms with van der Waals surface area (Å²) in [7, 11) is 0. The van der Waals surface area contributed by atoms with Crippen LogP contribution in [-0.4, -0.2) is 39.7 Å². The van der Waals surface area contributed by atoms with E-state index < -0.39 is 0 Å². The molecule has 0 aliphatic carbocycles. The fourth-order valence-electron chi connectivity index (χ4n) is 3.55. The van der Waals surface area contributed by atoms with Crippen LogP contribution in [0.4, 0.5) is 0 Å². The fraction of sp³-hybridized carbons (Fsp3) is 0.611. The van der Waals surface area contributed by atoms with E-state index in [1.54, 1.807) is 0 Å². The molecule has 2 aliphatic rings. The van der Waals surface area contributed by atoms with Crippen LogP contribution in [-0.2, 0) is 22.7 Å². The van der Waals surface area contributed by atoms with Gasteiger partial charge in [-0.1, -0.05) is 13.8 Å². The Balaban J connectivity index is 1.66. The number of carbonyl (C=O) groups is 2. The molecule has 1 atom stereocenters. The topological polar surface area (TPSA) is 53.5 Å². The first-order chi connectivity index (χ1) is 10.9. The number of fused-ring (bicyclic) bond motifs is 1. The third-order valence-corrected chi connectivity index (χ3v) is 4.69. The Hall–Kier alpha value is -1.91. The van der Waals surface area contributed by atoms with E-state index in [1.807, 2.05) is 22.9 Å². The van der Waals surface area contributed by atoms with Crippen molar-refractivity contribution >= 4 is 11.8 Å². The number of aromatic nitrogens is 1. The van der Waals surface area contributed by atoms with Crippen LogP contribution in [0.1, 0.15) is 43.5 Å². The minimum atomic E-state index is -0.0604. The molecule has 5 nitrogen and oxygen atoms in total. The molecule has 3 rings (SSSR count). The van der Waals surface area contributed by atoms with E-state index in [0.29, 0.717) is 38.4 Å². The van der Waals surface area contributed by atoms with E-state index in [9.17, 15) is 9.59 Å². The molecular formula is C18H25N3O2. The van der Waals surface area contributed by atoms with Crippen molar-refractivity contribution in [2.45, 2.75) is 46.7 Å². The van der Waals surface area contributed by atoms with Crippen molar-refractivity contribution in [3.8, 4) is 0 Å². The largest absolute Gasteiger partial charge is 0.342 e. The van der Waals surface area contributed by atoms with Crippen molar-refractivity contribution in [1.29, 1.82) is 0 Å². The van der Waals surface area contributed by atoms with Crippen LogP contribution in [0.15, 0.2) is 12.3 Å². The van der Waals surface area contributed by atoms with Gasteiger partial charge in [0.1, 0.15) is 0 Å². The Morgan fingerprint density at radius 2 is 2.09 bits per heavy atom. The van der Waals surface area contributed by atoms with Gasteiger partial charge in [-0.05, 0) is 36.5 Å². The maximum Gasteiger partial charge on any atom is 0.228 e. The van der Waals surface area contributed by atoms with Gasteiger partial charge in [-0.3, -0.25) is 14.6 Å². The van der Waals surface area contributed by atoms with Gasteiger partial charge in [-0.25, -0.2) is 0 Å². The van der Waals surface area contributed by atoms with Crippen molar-refractivity contribution in [1.82, 2.24) is 14.8 Å². The van der Waals surface area contributed by atoms with Gasteiger partial charge in [-0.2, -0.15) is 0 Å². The Kier molecular flexibility index (Phi) is 4.37. The zero-order valence-electron chi connectivity index (χ0n) is 14.2. The Morgan fingerprint density at radius 1 is 1.35 bits per heavy atom. The minimum Gasteiger partial charge on any atom is -0.342 e. The van der Waals surface area contributed by atoms with Crippen LogP contribution in [0.2, 0.25) is 0 Å². The number of likely N-dealkylation sites (tertiary alicyclic amines) is 1. The van der Waals surface area contributed by atoms with E-state index in [1.165, 1.54) is 5.56 Å². The lowest BCUT2D eigenvalue weighted by atomic mass is 9.95. The van der Waals surface area contributed by atoms with Gasteiger partial charge in [0.05, 0.1) is 5.92 Å². The lowest BCUT2D eigenvalue weighted by Gasteiger charge is -2.34. The Bertz CT molecular complexity index is 627. The molecule has 2 aliphatic heterocycles. The number of piperidine rings is 1. The van der Waals surface area contributed by atoms with Crippen molar-refractivity contribution in [3.05, 3.63) is 29.1 Å². The number of amides is 2. The second-order valence-corrected chi connectivity index (χ2v) is 7.22. The predicted octanol–water partition coefficient (Wildman–Crippen LogP) is 2.13. The third kappa shape index (κ3) is 3.38. The second kappa shape index (κ2) is 6.30. The molecule has 23 heavy (non-hydrogen) atoms. The molecule has 124 valence electrons. The Labute approximate surface area is 137 Å². The quantitative estimate of drug-likeness (QED) is 0.858. The first-order valence-electron chi connectivity index (χ1n) is 8.45. The predicted molar refractivity (Wildman–Crippen MR) is 87.4 cm³/mol. The lowest BCUT2D eigenvalue weighted by molar-refractivity contribution is -0.143. The Morgan fingerprint density at radius 3 is 2.83 bits per heavy atom. The normalized spacial score (nSPS) is 21.0. The average Bonchev–Trinajstić information content (AvgIpc) is 2.91. The second-order valence-electron chi connectivity index (χ2n) is 7.22. The molecule has 1 fully saturated rings. The van der Waals surface area contributed by atoms with E-state index in [2.05, 4.69) is 24.9 Å². The van der Waals surface area contributed by atoms with Crippen LogP contribution in [0.5, 0.6) is 0 Å². The molecule has 1 aromatic heterocycles. The highest BCUT2D eigenvalue weighted by molar-refractivity contribution is 5.84. The SMILES string of the molecule is Cc1cc2c(cn1)CN(C(=O)[C@@H]1CCC(=O)N(CC(C)C)C1)C2. The van der Waals surface area contributed by atoms with Crippen molar-refractivity contribution in [2.75, 3.05) is 13.1 Å². The first kappa shape index (κ1) is 16.0. The summed E-state index contributed by atoms with van der Waals surface area (Å²) in [6.45, 7) is 8.81. The zero-order chi connectivity index (χ0) is 16.6. The van der Waals surface area contributed by atoms with Crippen LogP contribution in [0.3, 0.4) is 0 Å². The minimum absolute atomic E-state index is 0.0604. The molecule has 0 aromatic carbocycles. The molecular weight excluding hydrogens is 290 g/mol. The molecule has 0 bridgehead atoms. The average molecular weight is 315 g/mol. The zero-order valence-corrected chi connectivity index (χ0v) is 14.2. The highest BCUT2D eigenvalue weighted by atomic mass is 16.2. The van der Waals surface area contributed by atoms with Crippen LogP contribution in [0.25, 0.3) is 0 Å². The molecule has 5 heteroatoms. The molecule has 3 heterocycles. The van der Waals surface area contributed by atoms with Gasteiger partial charge < -0.3 is 9.80 Å². The number of hydrogen-bond acceptors (Lipinski definition) is 3. The van der Waals surface area contributed by atoms with Gasteiger partial charge >= 0.3 is 0 Å². The monoisotopic (exact) mass is 315 g/mol. The fourth-order valence-corrected chi connectivity index (χ4v) is 3.55. The highest BCUT2D eigenvalue weighted by Gasteiger charge is 2.34. The summed E-state index contributed by atoms with van der Waals surface area (Å²) in [6, 6.07) is 2.07. The molecule has 2 amide bonds. The maximum atomic E-state index is 12.9. The number of carbonyl (C=O) groups excluding carboxylic acids is 2. The van der Waals surface area contributed by atoms with Gasteiger partial charge in [0.25, 0.3) is 0 Å². The smallest absolute Gasteiger partial charge is 0.228 e. The summed E-state index contributed by atoms with van der Waals surface area (Å²) in [4.78, 5) is 33.0. The summed E-state index contributed by atoms with van der Waals surface area (Å²) >= 11 is 0. The molecule has 1 aromatic rings. The number of nitrogens with zero attached hydrogens (tertiary/aromatic N) is 3. The molecule has 0 radical (unpaired) electrons. The van der Waals surface area contributed by atoms with Gasteiger partial charge in [-0.15, -0.1) is 0 Å². The molecule has 0 saturated carbocycles. The number of hydrogen-bond donors (Lipinski definition) is 0. The van der Waals surface area contributed by atoms with E-state index in [4.69, 9.17) is 0 Å². The van der Waals surface area contributed by atoms with Crippen LogP contribution >= 0.6 is 0 Å². The standard InChI is InChI=1S/C18H25N3O2/c1-12(2)8-20-9-14(4-5-17(20)22)18(23)21-10-15-6-13(3)19-7-16(15)11-21/h6-7,12,14H,4-5,8-11H2,1-3H3/t14-/m1/s1. The summed E-state index contributed by atoms with van der Waals surface area (Å²) in [5.74, 6) is 0.736. The van der Waals surface area contributed by atoms with Crippen LogP contribution in [0, 0.1) is 18.8 Å². The van der Waals surface area contributed by atoms with Crippen LogP contribution < -0.4 is 0 Å².